The maximum atomic E-state index is 13.0. The zero-order valence-electron chi connectivity index (χ0n) is 16.9. The molecule has 1 fully saturated rings. The summed E-state index contributed by atoms with van der Waals surface area (Å²) >= 11 is 7.29. The molecule has 0 bridgehead atoms. The van der Waals surface area contributed by atoms with Gasteiger partial charge >= 0.3 is 0 Å². The van der Waals surface area contributed by atoms with E-state index in [-0.39, 0.29) is 17.1 Å². The van der Waals surface area contributed by atoms with Crippen LogP contribution in [0.3, 0.4) is 0 Å². The number of aryl methyl sites for hydroxylation is 1. The highest BCUT2D eigenvalue weighted by molar-refractivity contribution is 7.19. The van der Waals surface area contributed by atoms with Gasteiger partial charge in [0.2, 0.25) is 10.3 Å². The van der Waals surface area contributed by atoms with Crippen molar-refractivity contribution in [2.24, 2.45) is 0 Å². The monoisotopic (exact) mass is 460 g/mol. The van der Waals surface area contributed by atoms with Crippen molar-refractivity contribution in [2.45, 2.75) is 38.3 Å². The zero-order chi connectivity index (χ0) is 22.0. The number of aliphatic hydroxyl groups is 1. The Bertz CT molecular complexity index is 1110. The minimum Gasteiger partial charge on any atom is -0.494 e. The van der Waals surface area contributed by atoms with Crippen molar-refractivity contribution in [3.63, 3.8) is 0 Å². The van der Waals surface area contributed by atoms with Crippen molar-refractivity contribution in [1.29, 1.82) is 0 Å². The first kappa shape index (κ1) is 21.4. The number of nitrogens with zero attached hydrogens (tertiary/aromatic N) is 4. The van der Waals surface area contributed by atoms with Crippen molar-refractivity contribution in [1.82, 2.24) is 20.2 Å². The van der Waals surface area contributed by atoms with Crippen LogP contribution in [0.25, 0.3) is 11.1 Å². The van der Waals surface area contributed by atoms with Crippen LogP contribution in [0.5, 0.6) is 5.75 Å². The molecule has 3 N–H and O–H groups in total. The number of rotatable bonds is 6. The summed E-state index contributed by atoms with van der Waals surface area (Å²) in [5.41, 5.74) is 2.32. The largest absolute Gasteiger partial charge is 0.494 e. The maximum absolute atomic E-state index is 13.0. The first-order valence-electron chi connectivity index (χ1n) is 9.70. The number of nitrogens with one attached hydrogen (secondary N) is 2. The molecule has 0 aromatic carbocycles. The van der Waals surface area contributed by atoms with Gasteiger partial charge in [-0.05, 0) is 38.3 Å². The molecule has 1 saturated carbocycles. The molecule has 9 nitrogen and oxygen atoms in total. The van der Waals surface area contributed by atoms with Crippen LogP contribution >= 0.6 is 22.9 Å². The van der Waals surface area contributed by atoms with Crippen LogP contribution in [-0.4, -0.2) is 50.4 Å². The number of hydrogen-bond acceptors (Lipinski definition) is 9. The first-order chi connectivity index (χ1) is 14.9. The van der Waals surface area contributed by atoms with E-state index >= 15 is 0 Å². The first-order valence-corrected chi connectivity index (χ1v) is 10.9. The summed E-state index contributed by atoms with van der Waals surface area (Å²) in [6.07, 6.45) is 5.22. The number of aliphatic hydroxyl groups excluding tert-OH is 1. The van der Waals surface area contributed by atoms with Crippen LogP contribution < -0.4 is 15.4 Å². The van der Waals surface area contributed by atoms with Crippen molar-refractivity contribution in [3.8, 4) is 16.9 Å². The smallest absolute Gasteiger partial charge is 0.259 e. The summed E-state index contributed by atoms with van der Waals surface area (Å²) in [5.74, 6) is 0.0997. The molecule has 4 rings (SSSR count). The third-order valence-electron chi connectivity index (χ3n) is 5.06. The van der Waals surface area contributed by atoms with Crippen LogP contribution in [0.2, 0.25) is 5.15 Å². The minimum absolute atomic E-state index is 0.0479. The van der Waals surface area contributed by atoms with Gasteiger partial charge in [-0.1, -0.05) is 22.9 Å². The van der Waals surface area contributed by atoms with Crippen LogP contribution in [0, 0.1) is 6.92 Å². The average Bonchev–Trinajstić information content (AvgIpc) is 3.36. The number of anilines is 2. The Labute approximate surface area is 187 Å². The molecule has 1 aliphatic rings. The van der Waals surface area contributed by atoms with Gasteiger partial charge in [-0.3, -0.25) is 15.1 Å². The molecule has 0 radical (unpaired) electrons. The van der Waals surface area contributed by atoms with E-state index < -0.39 is 6.10 Å². The van der Waals surface area contributed by atoms with Crippen LogP contribution in [0.1, 0.15) is 35.3 Å². The second-order valence-electron chi connectivity index (χ2n) is 7.19. The summed E-state index contributed by atoms with van der Waals surface area (Å²) in [4.78, 5) is 21.3. The molecule has 31 heavy (non-hydrogen) atoms. The van der Waals surface area contributed by atoms with E-state index in [1.807, 2.05) is 6.92 Å². The highest BCUT2D eigenvalue weighted by Gasteiger charge is 2.26. The lowest BCUT2D eigenvalue weighted by Gasteiger charge is -2.14. The lowest BCUT2D eigenvalue weighted by Crippen LogP contribution is -2.27. The van der Waals surface area contributed by atoms with Crippen molar-refractivity contribution >= 4 is 39.1 Å². The fraction of sp³-hybridized carbons (Fsp3) is 0.350. The molecule has 1 amide bonds. The van der Waals surface area contributed by atoms with E-state index in [1.165, 1.54) is 30.8 Å². The van der Waals surface area contributed by atoms with Gasteiger partial charge < -0.3 is 15.2 Å². The quantitative estimate of drug-likeness (QED) is 0.477. The zero-order valence-corrected chi connectivity index (χ0v) is 18.5. The van der Waals surface area contributed by atoms with Crippen LogP contribution in [0.15, 0.2) is 24.5 Å². The van der Waals surface area contributed by atoms with Gasteiger partial charge in [-0.2, -0.15) is 0 Å². The highest BCUT2D eigenvalue weighted by atomic mass is 35.5. The number of methoxy groups -OCH3 is 1. The van der Waals surface area contributed by atoms with E-state index in [0.717, 1.165) is 25.0 Å². The maximum Gasteiger partial charge on any atom is 0.259 e. The summed E-state index contributed by atoms with van der Waals surface area (Å²) in [5, 5.41) is 25.2. The number of hydrogen-bond donors (Lipinski definition) is 3. The predicted octanol–water partition coefficient (Wildman–Crippen LogP) is 3.54. The highest BCUT2D eigenvalue weighted by Crippen LogP contribution is 2.34. The molecule has 0 spiro atoms. The van der Waals surface area contributed by atoms with Gasteiger partial charge in [0.1, 0.15) is 10.9 Å². The number of amides is 1. The van der Waals surface area contributed by atoms with Gasteiger partial charge in [0.15, 0.2) is 0 Å². The summed E-state index contributed by atoms with van der Waals surface area (Å²) in [7, 11) is 1.53. The molecule has 162 valence electrons. The molecule has 1 unspecified atom stereocenters. The lowest BCUT2D eigenvalue weighted by atomic mass is 10.0. The second-order valence-corrected chi connectivity index (χ2v) is 8.56. The van der Waals surface area contributed by atoms with E-state index in [2.05, 4.69) is 30.8 Å². The van der Waals surface area contributed by atoms with Crippen molar-refractivity contribution in [3.05, 3.63) is 40.9 Å². The van der Waals surface area contributed by atoms with Gasteiger partial charge in [0.25, 0.3) is 5.91 Å². The van der Waals surface area contributed by atoms with Crippen LogP contribution in [0.4, 0.5) is 10.3 Å². The SMILES string of the molecule is COc1cnc(Cl)cc1-c1cc(C)ncc1C(=O)Nc1nnc(N[C@H]2CCCC2O)s1. The third kappa shape index (κ3) is 4.76. The lowest BCUT2D eigenvalue weighted by molar-refractivity contribution is 0.102. The number of ether oxygens (including phenoxy) is 1. The Morgan fingerprint density at radius 2 is 2.00 bits per heavy atom. The van der Waals surface area contributed by atoms with Gasteiger partial charge in [-0.15, -0.1) is 10.2 Å². The normalized spacial score (nSPS) is 18.1. The number of carbonyl (C=O) groups excluding carboxylic acids is 1. The summed E-state index contributed by atoms with van der Waals surface area (Å²) in [6, 6.07) is 3.39. The van der Waals surface area contributed by atoms with E-state index in [9.17, 15) is 9.90 Å². The Kier molecular flexibility index (Phi) is 6.30. The van der Waals surface area contributed by atoms with Crippen molar-refractivity contribution in [2.75, 3.05) is 17.7 Å². The Balaban J connectivity index is 1.58. The molecular formula is C20H21ClN6O3S. The molecule has 3 aromatic rings. The molecule has 1 aliphatic carbocycles. The number of halogens is 1. The molecular weight excluding hydrogens is 440 g/mol. The minimum atomic E-state index is -0.398. The molecule has 0 saturated heterocycles. The van der Waals surface area contributed by atoms with Gasteiger partial charge in [0, 0.05) is 23.0 Å². The molecule has 11 heteroatoms. The van der Waals surface area contributed by atoms with E-state index in [4.69, 9.17) is 16.3 Å². The topological polar surface area (TPSA) is 122 Å². The summed E-state index contributed by atoms with van der Waals surface area (Å²) in [6.45, 7) is 1.83. The summed E-state index contributed by atoms with van der Waals surface area (Å²) < 4.78 is 5.40. The van der Waals surface area contributed by atoms with Gasteiger partial charge in [0.05, 0.1) is 31.0 Å². The molecule has 2 atom stereocenters. The predicted molar refractivity (Wildman–Crippen MR) is 119 cm³/mol. The van der Waals surface area contributed by atoms with Crippen LogP contribution in [-0.2, 0) is 0 Å². The second kappa shape index (κ2) is 9.13. The standard InChI is InChI=1S/C20H21ClN6O3S/c1-10-6-11(12-7-17(21)23-9-16(12)30-2)13(8-22-10)18(29)25-20-27-26-19(31-20)24-14-4-3-5-15(14)28/h6-9,14-15,28H,3-5H2,1-2H3,(H,24,26)(H,25,27,29)/t14-,15?/m0/s1. The Hall–Kier alpha value is -2.82. The van der Waals surface area contributed by atoms with Crippen molar-refractivity contribution < 1.29 is 14.6 Å². The Morgan fingerprint density at radius 3 is 2.74 bits per heavy atom. The number of pyridine rings is 2. The van der Waals surface area contributed by atoms with Gasteiger partial charge in [-0.25, -0.2) is 4.98 Å². The number of carbonyl (C=O) groups is 1. The molecule has 3 heterocycles. The third-order valence-corrected chi connectivity index (χ3v) is 6.04. The molecule has 0 aliphatic heterocycles. The Morgan fingerprint density at radius 1 is 1.19 bits per heavy atom. The fourth-order valence-electron chi connectivity index (χ4n) is 3.52. The molecule has 3 aromatic heterocycles. The van der Waals surface area contributed by atoms with E-state index in [1.54, 1.807) is 12.1 Å². The van der Waals surface area contributed by atoms with E-state index in [0.29, 0.717) is 32.7 Å². The average molecular weight is 461 g/mol. The fourth-order valence-corrected chi connectivity index (χ4v) is 4.38. The number of aromatic nitrogens is 4.